The van der Waals surface area contributed by atoms with Gasteiger partial charge in [-0.05, 0) is 11.9 Å². The smallest absolute Gasteiger partial charge is 0.164 e. The number of nitrogens with zero attached hydrogens (tertiary/aromatic N) is 2. The predicted molar refractivity (Wildman–Crippen MR) is 45.1 cm³/mol. The Morgan fingerprint density at radius 1 is 1.70 bits per heavy atom. The van der Waals surface area contributed by atoms with Crippen molar-refractivity contribution in [2.45, 2.75) is 0 Å². The van der Waals surface area contributed by atoms with Crippen molar-refractivity contribution in [1.82, 2.24) is 10.4 Å². The highest BCUT2D eigenvalue weighted by Gasteiger charge is 2.13. The van der Waals surface area contributed by atoms with Gasteiger partial charge in [0.25, 0.3) is 0 Å². The molecule has 1 N–H and O–H groups in total. The third-order valence-electron chi connectivity index (χ3n) is 1.21. The molecule has 1 fully saturated rings. The summed E-state index contributed by atoms with van der Waals surface area (Å²) >= 11 is 3.39. The Labute approximate surface area is 67.6 Å². The predicted octanol–water partition coefficient (Wildman–Crippen LogP) is 1.12. The number of anilines is 1. The molecule has 10 heavy (non-hydrogen) atoms. The fraction of sp³-hybridized carbons (Fsp3) is 0.400. The highest BCUT2D eigenvalue weighted by Crippen LogP contribution is 2.22. The largest absolute Gasteiger partial charge is 0.231 e. The van der Waals surface area contributed by atoms with Crippen LogP contribution in [0.1, 0.15) is 0 Å². The molecule has 0 unspecified atom stereocenters. The van der Waals surface area contributed by atoms with E-state index in [4.69, 9.17) is 0 Å². The summed E-state index contributed by atoms with van der Waals surface area (Å²) in [6, 6.07) is 0. The molecule has 0 saturated carbocycles. The molecule has 3 nitrogen and oxygen atoms in total. The van der Waals surface area contributed by atoms with Crippen LogP contribution in [0.2, 0.25) is 0 Å². The molecule has 2 heterocycles. The number of nitrogens with one attached hydrogen (secondary N) is 1. The van der Waals surface area contributed by atoms with Crippen LogP contribution in [0.3, 0.4) is 0 Å². The second-order valence-corrected chi connectivity index (χ2v) is 3.63. The Kier molecular flexibility index (Phi) is 1.79. The van der Waals surface area contributed by atoms with Crippen LogP contribution in [0.4, 0.5) is 5.82 Å². The molecule has 0 bridgehead atoms. The first-order valence-corrected chi connectivity index (χ1v) is 4.90. The number of aromatic nitrogens is 1. The Morgan fingerprint density at radius 2 is 2.70 bits per heavy atom. The zero-order valence-corrected chi connectivity index (χ0v) is 6.91. The van der Waals surface area contributed by atoms with Gasteiger partial charge in [0.05, 0.1) is 5.51 Å². The van der Waals surface area contributed by atoms with E-state index in [1.54, 1.807) is 23.3 Å². The molecule has 2 rings (SSSR count). The summed E-state index contributed by atoms with van der Waals surface area (Å²) in [5.74, 6) is 2.16. The van der Waals surface area contributed by atoms with E-state index in [2.05, 4.69) is 10.4 Å². The van der Waals surface area contributed by atoms with E-state index in [1.807, 2.05) is 15.3 Å². The Balaban J connectivity index is 2.12. The van der Waals surface area contributed by atoms with Gasteiger partial charge in [0.1, 0.15) is 0 Å². The van der Waals surface area contributed by atoms with E-state index in [9.17, 15) is 0 Å². The van der Waals surface area contributed by atoms with Crippen molar-refractivity contribution in [3.8, 4) is 0 Å². The Morgan fingerprint density at radius 3 is 3.30 bits per heavy atom. The Hall–Kier alpha value is -0.260. The average Bonchev–Trinajstić information content (AvgIpc) is 2.59. The molecular weight excluding hydrogens is 166 g/mol. The van der Waals surface area contributed by atoms with E-state index < -0.39 is 0 Å². The summed E-state index contributed by atoms with van der Waals surface area (Å²) in [6.45, 7) is 1.04. The molecule has 1 aromatic heterocycles. The molecule has 0 aliphatic carbocycles. The third-order valence-corrected chi connectivity index (χ3v) is 2.74. The Bertz CT molecular complexity index is 193. The number of thiazole rings is 1. The van der Waals surface area contributed by atoms with Crippen molar-refractivity contribution in [3.63, 3.8) is 0 Å². The maximum atomic E-state index is 4.16. The molecule has 0 atom stereocenters. The first-order chi connectivity index (χ1) is 4.97. The van der Waals surface area contributed by atoms with E-state index >= 15 is 0 Å². The normalized spacial score (nSPS) is 18.2. The number of rotatable bonds is 1. The standard InChI is InChI=1S/C5H7N3S2/c1-2-10-8(7-1)5-3-9-4-6-5/h3-4,7H,1-2H2. The van der Waals surface area contributed by atoms with Crippen molar-refractivity contribution in [2.75, 3.05) is 16.7 Å². The lowest BCUT2D eigenvalue weighted by Gasteiger charge is -2.10. The molecule has 1 aliphatic heterocycles. The van der Waals surface area contributed by atoms with E-state index in [0.29, 0.717) is 0 Å². The quantitative estimate of drug-likeness (QED) is 0.644. The SMILES string of the molecule is c1nc(N2NCCS2)cs1. The maximum Gasteiger partial charge on any atom is 0.164 e. The van der Waals surface area contributed by atoms with Crippen LogP contribution >= 0.6 is 23.3 Å². The second kappa shape index (κ2) is 2.77. The van der Waals surface area contributed by atoms with Crippen LogP contribution in [0, 0.1) is 0 Å². The van der Waals surface area contributed by atoms with Crippen LogP contribution in [0.25, 0.3) is 0 Å². The van der Waals surface area contributed by atoms with Crippen molar-refractivity contribution < 1.29 is 0 Å². The fourth-order valence-electron chi connectivity index (χ4n) is 0.783. The second-order valence-electron chi connectivity index (χ2n) is 1.88. The van der Waals surface area contributed by atoms with Crippen molar-refractivity contribution in [3.05, 3.63) is 10.9 Å². The van der Waals surface area contributed by atoms with Gasteiger partial charge in [-0.2, -0.15) is 0 Å². The van der Waals surface area contributed by atoms with E-state index in [1.165, 1.54) is 0 Å². The molecule has 54 valence electrons. The van der Waals surface area contributed by atoms with Gasteiger partial charge in [-0.25, -0.2) is 14.8 Å². The molecule has 0 amide bonds. The zero-order valence-electron chi connectivity index (χ0n) is 5.28. The summed E-state index contributed by atoms with van der Waals surface area (Å²) in [7, 11) is 0. The van der Waals surface area contributed by atoms with Crippen LogP contribution in [-0.4, -0.2) is 17.3 Å². The lowest BCUT2D eigenvalue weighted by atomic mass is 10.8. The van der Waals surface area contributed by atoms with Gasteiger partial charge >= 0.3 is 0 Å². The van der Waals surface area contributed by atoms with Crippen LogP contribution < -0.4 is 9.84 Å². The first kappa shape index (κ1) is 6.45. The van der Waals surface area contributed by atoms with Gasteiger partial charge in [0, 0.05) is 17.7 Å². The highest BCUT2D eigenvalue weighted by molar-refractivity contribution is 8.00. The summed E-state index contributed by atoms with van der Waals surface area (Å²) < 4.78 is 2.01. The summed E-state index contributed by atoms with van der Waals surface area (Å²) in [4.78, 5) is 4.16. The van der Waals surface area contributed by atoms with E-state index in [-0.39, 0.29) is 0 Å². The fourth-order valence-corrected chi connectivity index (χ4v) is 2.15. The molecule has 0 aromatic carbocycles. The molecule has 0 radical (unpaired) electrons. The molecule has 1 aromatic rings. The molecule has 0 spiro atoms. The lowest BCUT2D eigenvalue weighted by Crippen LogP contribution is -2.25. The van der Waals surface area contributed by atoms with Gasteiger partial charge < -0.3 is 0 Å². The van der Waals surface area contributed by atoms with Crippen molar-refractivity contribution in [2.24, 2.45) is 0 Å². The highest BCUT2D eigenvalue weighted by atomic mass is 32.2. The van der Waals surface area contributed by atoms with Crippen LogP contribution in [-0.2, 0) is 0 Å². The van der Waals surface area contributed by atoms with Gasteiger partial charge in [0.2, 0.25) is 0 Å². The topological polar surface area (TPSA) is 28.2 Å². The first-order valence-electron chi connectivity index (χ1n) is 3.01. The number of hydrogen-bond donors (Lipinski definition) is 1. The molecular formula is C5H7N3S2. The average molecular weight is 173 g/mol. The van der Waals surface area contributed by atoms with Crippen molar-refractivity contribution >= 4 is 29.1 Å². The molecule has 5 heteroatoms. The maximum absolute atomic E-state index is 4.16. The van der Waals surface area contributed by atoms with Crippen LogP contribution in [0.5, 0.6) is 0 Å². The lowest BCUT2D eigenvalue weighted by molar-refractivity contribution is 0.821. The minimum absolute atomic E-state index is 1.02. The summed E-state index contributed by atoms with van der Waals surface area (Å²) in [5.41, 5.74) is 5.04. The minimum Gasteiger partial charge on any atom is -0.231 e. The summed E-state index contributed by atoms with van der Waals surface area (Å²) in [5, 5.41) is 2.03. The van der Waals surface area contributed by atoms with Gasteiger partial charge in [-0.1, -0.05) is 0 Å². The van der Waals surface area contributed by atoms with Gasteiger partial charge in [0.15, 0.2) is 5.82 Å². The minimum atomic E-state index is 1.02. The monoisotopic (exact) mass is 173 g/mol. The molecule has 1 aliphatic rings. The third kappa shape index (κ3) is 1.12. The zero-order chi connectivity index (χ0) is 6.81. The van der Waals surface area contributed by atoms with E-state index in [0.717, 1.165) is 18.1 Å². The van der Waals surface area contributed by atoms with Crippen LogP contribution in [0.15, 0.2) is 10.9 Å². The summed E-state index contributed by atoms with van der Waals surface area (Å²) in [6.07, 6.45) is 0. The molecule has 1 saturated heterocycles. The number of hydrogen-bond acceptors (Lipinski definition) is 5. The van der Waals surface area contributed by atoms with Crippen molar-refractivity contribution in [1.29, 1.82) is 0 Å². The van der Waals surface area contributed by atoms with Gasteiger partial charge in [-0.15, -0.1) is 11.3 Å². The number of hydrazine groups is 1. The van der Waals surface area contributed by atoms with Gasteiger partial charge in [-0.3, -0.25) is 0 Å².